The predicted molar refractivity (Wildman–Crippen MR) is 143 cm³/mol. The Morgan fingerprint density at radius 3 is 2.22 bits per heavy atom. The molecule has 1 N–H and O–H groups in total. The standard InChI is InChI=1S/C29H42F5IO2/c1-25-13-10-21(36)18-20(25)17-19(9-7-5-3-4-6-8-16-35)24-22(25)11-14-26(2)23(24)12-15-27(26,37)28(30,31)29(32,33)34/h18-19,22-24,37H,3-17H2,1-2H3/t19?,22-,23+,24-,25+,26+,27?/m1/s1. The first-order chi connectivity index (χ1) is 17.2. The fourth-order valence-electron chi connectivity index (χ4n) is 8.97. The van der Waals surface area contributed by atoms with E-state index in [1.165, 1.54) is 26.2 Å². The van der Waals surface area contributed by atoms with Gasteiger partial charge < -0.3 is 5.11 Å². The second-order valence-corrected chi connectivity index (χ2v) is 13.9. The number of ketones is 1. The summed E-state index contributed by atoms with van der Waals surface area (Å²) in [4.78, 5) is 12.3. The average molecular weight is 645 g/mol. The van der Waals surface area contributed by atoms with Crippen molar-refractivity contribution in [1.29, 1.82) is 0 Å². The van der Waals surface area contributed by atoms with E-state index < -0.39 is 29.5 Å². The Hall–Kier alpha value is -0.250. The minimum absolute atomic E-state index is 0.00817. The molecular weight excluding hydrogens is 602 g/mol. The summed E-state index contributed by atoms with van der Waals surface area (Å²) in [5.74, 6) is -5.10. The van der Waals surface area contributed by atoms with Crippen LogP contribution in [0.15, 0.2) is 11.6 Å². The lowest BCUT2D eigenvalue weighted by Crippen LogP contribution is -2.66. The maximum absolute atomic E-state index is 14.9. The van der Waals surface area contributed by atoms with Crippen LogP contribution in [-0.4, -0.2) is 33.0 Å². The van der Waals surface area contributed by atoms with Gasteiger partial charge in [0.1, 0.15) is 5.60 Å². The normalized spacial score (nSPS) is 40.1. The highest BCUT2D eigenvalue weighted by Crippen LogP contribution is 2.72. The second kappa shape index (κ2) is 10.6. The molecule has 3 saturated carbocycles. The first-order valence-corrected chi connectivity index (χ1v) is 15.7. The van der Waals surface area contributed by atoms with Gasteiger partial charge in [0.05, 0.1) is 0 Å². The number of carbonyl (C=O) groups is 1. The van der Waals surface area contributed by atoms with Crippen LogP contribution in [0.4, 0.5) is 22.0 Å². The van der Waals surface area contributed by atoms with Crippen LogP contribution in [0.25, 0.3) is 0 Å². The Labute approximate surface area is 231 Å². The van der Waals surface area contributed by atoms with E-state index in [-0.39, 0.29) is 47.7 Å². The molecule has 0 radical (unpaired) electrons. The maximum Gasteiger partial charge on any atom is 0.456 e. The molecule has 0 aromatic heterocycles. The first-order valence-electron chi connectivity index (χ1n) is 14.2. The third kappa shape index (κ3) is 4.84. The molecule has 4 rings (SSSR count). The number of aliphatic hydroxyl groups is 1. The number of hydrogen-bond acceptors (Lipinski definition) is 2. The molecule has 0 aromatic carbocycles. The van der Waals surface area contributed by atoms with Crippen molar-refractivity contribution >= 4 is 28.4 Å². The maximum atomic E-state index is 14.9. The van der Waals surface area contributed by atoms with Gasteiger partial charge in [0.2, 0.25) is 0 Å². The van der Waals surface area contributed by atoms with Gasteiger partial charge in [-0.15, -0.1) is 0 Å². The highest BCUT2D eigenvalue weighted by molar-refractivity contribution is 14.1. The van der Waals surface area contributed by atoms with Gasteiger partial charge in [-0.05, 0) is 91.0 Å². The third-order valence-electron chi connectivity index (χ3n) is 11.1. The summed E-state index contributed by atoms with van der Waals surface area (Å²) in [5, 5.41) is 11.2. The molecular formula is C29H42F5IO2. The van der Waals surface area contributed by atoms with Crippen LogP contribution >= 0.6 is 22.6 Å². The molecule has 4 aliphatic rings. The molecule has 7 atom stereocenters. The molecule has 3 fully saturated rings. The van der Waals surface area contributed by atoms with Gasteiger partial charge >= 0.3 is 12.1 Å². The Morgan fingerprint density at radius 1 is 0.946 bits per heavy atom. The van der Waals surface area contributed by atoms with Crippen LogP contribution in [0.1, 0.15) is 104 Å². The minimum atomic E-state index is -5.79. The van der Waals surface area contributed by atoms with Crippen molar-refractivity contribution in [2.45, 2.75) is 121 Å². The SMILES string of the molecule is C[C@]12CCC(=O)C=C1CC(CCCCCCCCI)[C@@H]1[C@H]2CC[C@@]2(C)[C@H]1CCC2(O)C(F)(F)C(F)(F)F. The molecule has 0 bridgehead atoms. The largest absolute Gasteiger partial charge is 0.456 e. The zero-order chi connectivity index (χ0) is 27.3. The summed E-state index contributed by atoms with van der Waals surface area (Å²) in [7, 11) is 0. The molecule has 4 aliphatic carbocycles. The highest BCUT2D eigenvalue weighted by atomic mass is 127. The van der Waals surface area contributed by atoms with Crippen molar-refractivity contribution in [1.82, 2.24) is 0 Å². The monoisotopic (exact) mass is 644 g/mol. The molecule has 0 saturated heterocycles. The number of allylic oxidation sites excluding steroid dienone is 1. The van der Waals surface area contributed by atoms with Crippen molar-refractivity contribution in [3.63, 3.8) is 0 Å². The molecule has 0 aliphatic heterocycles. The van der Waals surface area contributed by atoms with Crippen LogP contribution in [0.5, 0.6) is 0 Å². The molecule has 37 heavy (non-hydrogen) atoms. The van der Waals surface area contributed by atoms with Crippen molar-refractivity contribution in [2.24, 2.45) is 34.5 Å². The van der Waals surface area contributed by atoms with E-state index in [0.29, 0.717) is 12.8 Å². The Morgan fingerprint density at radius 2 is 1.57 bits per heavy atom. The van der Waals surface area contributed by atoms with E-state index in [2.05, 4.69) is 29.5 Å². The summed E-state index contributed by atoms with van der Waals surface area (Å²) in [6.45, 7) is 3.68. The summed E-state index contributed by atoms with van der Waals surface area (Å²) >= 11 is 2.39. The summed E-state index contributed by atoms with van der Waals surface area (Å²) in [6.07, 6.45) is 6.04. The first kappa shape index (κ1) is 29.7. The van der Waals surface area contributed by atoms with Crippen molar-refractivity contribution < 1.29 is 31.9 Å². The molecule has 212 valence electrons. The van der Waals surface area contributed by atoms with E-state index in [9.17, 15) is 31.9 Å². The van der Waals surface area contributed by atoms with Gasteiger partial charge in [0, 0.05) is 11.8 Å². The van der Waals surface area contributed by atoms with Crippen LogP contribution in [-0.2, 0) is 4.79 Å². The zero-order valence-corrected chi connectivity index (χ0v) is 24.3. The fourth-order valence-corrected chi connectivity index (χ4v) is 9.51. The van der Waals surface area contributed by atoms with Crippen LogP contribution in [0.2, 0.25) is 0 Å². The van der Waals surface area contributed by atoms with Crippen molar-refractivity contribution in [3.8, 4) is 0 Å². The topological polar surface area (TPSA) is 37.3 Å². The summed E-state index contributed by atoms with van der Waals surface area (Å²) < 4.78 is 71.6. The van der Waals surface area contributed by atoms with Gasteiger partial charge in [0.25, 0.3) is 0 Å². The smallest absolute Gasteiger partial charge is 0.383 e. The number of hydrogen-bond donors (Lipinski definition) is 1. The van der Waals surface area contributed by atoms with Crippen molar-refractivity contribution in [2.75, 3.05) is 4.43 Å². The molecule has 0 spiro atoms. The Balaban J connectivity index is 1.62. The number of alkyl halides is 6. The predicted octanol–water partition coefficient (Wildman–Crippen LogP) is 8.84. The Bertz CT molecular complexity index is 888. The van der Waals surface area contributed by atoms with Crippen molar-refractivity contribution in [3.05, 3.63) is 11.6 Å². The van der Waals surface area contributed by atoms with Crippen LogP contribution in [0.3, 0.4) is 0 Å². The lowest BCUT2D eigenvalue weighted by Gasteiger charge is -2.62. The lowest BCUT2D eigenvalue weighted by molar-refractivity contribution is -0.364. The molecule has 2 nitrogen and oxygen atoms in total. The Kier molecular flexibility index (Phi) is 8.53. The molecule has 0 heterocycles. The lowest BCUT2D eigenvalue weighted by atomic mass is 9.43. The van der Waals surface area contributed by atoms with Gasteiger partial charge in [-0.25, -0.2) is 0 Å². The highest BCUT2D eigenvalue weighted by Gasteiger charge is 2.79. The second-order valence-electron chi connectivity index (χ2n) is 12.8. The number of fused-ring (bicyclic) bond motifs is 5. The molecule has 8 heteroatoms. The zero-order valence-electron chi connectivity index (χ0n) is 22.1. The van der Waals surface area contributed by atoms with E-state index in [0.717, 1.165) is 48.5 Å². The van der Waals surface area contributed by atoms with Gasteiger partial charge in [-0.2, -0.15) is 22.0 Å². The number of rotatable bonds is 9. The minimum Gasteiger partial charge on any atom is -0.383 e. The summed E-state index contributed by atoms with van der Waals surface area (Å²) in [5.41, 5.74) is -3.64. The summed E-state index contributed by atoms with van der Waals surface area (Å²) in [6, 6.07) is 0. The number of unbranched alkanes of at least 4 members (excludes halogenated alkanes) is 5. The number of halogens is 6. The van der Waals surface area contributed by atoms with E-state index in [4.69, 9.17) is 0 Å². The third-order valence-corrected chi connectivity index (χ3v) is 11.9. The van der Waals surface area contributed by atoms with E-state index >= 15 is 0 Å². The van der Waals surface area contributed by atoms with Crippen LogP contribution in [0, 0.1) is 34.5 Å². The van der Waals surface area contributed by atoms with Crippen LogP contribution < -0.4 is 0 Å². The molecule has 2 unspecified atom stereocenters. The van der Waals surface area contributed by atoms with Gasteiger partial charge in [-0.1, -0.05) is 74.1 Å². The van der Waals surface area contributed by atoms with E-state index in [1.54, 1.807) is 0 Å². The number of carbonyl (C=O) groups excluding carboxylic acids is 1. The molecule has 0 aromatic rings. The van der Waals surface area contributed by atoms with E-state index in [1.807, 2.05) is 6.08 Å². The fraction of sp³-hybridized carbons (Fsp3) is 0.897. The quantitative estimate of drug-likeness (QED) is 0.118. The molecule has 0 amide bonds. The average Bonchev–Trinajstić information content (AvgIpc) is 3.10. The van der Waals surface area contributed by atoms with Gasteiger partial charge in [0.15, 0.2) is 5.78 Å². The van der Waals surface area contributed by atoms with Gasteiger partial charge in [-0.3, -0.25) is 4.79 Å².